The van der Waals surface area contributed by atoms with Crippen molar-refractivity contribution in [3.63, 3.8) is 0 Å². The van der Waals surface area contributed by atoms with Gasteiger partial charge in [0.2, 0.25) is 0 Å². The number of hydrogen-bond acceptors (Lipinski definition) is 3. The molecular formula is C21H21F4N3O. The molecule has 3 aromatic rings. The van der Waals surface area contributed by atoms with Gasteiger partial charge in [-0.3, -0.25) is 4.90 Å². The van der Waals surface area contributed by atoms with Gasteiger partial charge in [-0.05, 0) is 67.9 Å². The van der Waals surface area contributed by atoms with E-state index in [0.717, 1.165) is 19.3 Å². The van der Waals surface area contributed by atoms with E-state index in [9.17, 15) is 22.7 Å². The first-order valence-corrected chi connectivity index (χ1v) is 9.54. The van der Waals surface area contributed by atoms with Crippen molar-refractivity contribution in [2.45, 2.75) is 31.0 Å². The Morgan fingerprint density at radius 1 is 0.966 bits per heavy atom. The summed E-state index contributed by atoms with van der Waals surface area (Å²) < 4.78 is 56.4. The zero-order valence-electron chi connectivity index (χ0n) is 15.7. The van der Waals surface area contributed by atoms with E-state index >= 15 is 0 Å². The van der Waals surface area contributed by atoms with E-state index in [-0.39, 0.29) is 11.4 Å². The van der Waals surface area contributed by atoms with Crippen molar-refractivity contribution >= 4 is 10.9 Å². The highest BCUT2D eigenvalue weighted by atomic mass is 19.4. The van der Waals surface area contributed by atoms with E-state index in [0.29, 0.717) is 29.7 Å². The molecule has 0 radical (unpaired) electrons. The number of rotatable bonds is 4. The van der Waals surface area contributed by atoms with Gasteiger partial charge in [0.25, 0.3) is 0 Å². The Hall–Kier alpha value is -2.45. The molecule has 0 spiro atoms. The lowest BCUT2D eigenvalue weighted by Crippen LogP contribution is -2.52. The molecule has 0 amide bonds. The maximum absolute atomic E-state index is 13.9. The normalized spacial score (nSPS) is 18.1. The topological polar surface area (TPSA) is 41.3 Å². The number of β-amino-alcohol motifs (C(OH)–C–C–N with tert-alkyl or cyclic N) is 1. The Bertz CT molecular complexity index is 993. The van der Waals surface area contributed by atoms with Gasteiger partial charge in [0.15, 0.2) is 5.60 Å². The van der Waals surface area contributed by atoms with Crippen LogP contribution in [0, 0.1) is 5.82 Å². The summed E-state index contributed by atoms with van der Waals surface area (Å²) in [4.78, 5) is 1.67. The summed E-state index contributed by atoms with van der Waals surface area (Å²) in [6.45, 7) is 0.598. The first-order valence-electron chi connectivity index (χ1n) is 9.54. The van der Waals surface area contributed by atoms with Gasteiger partial charge in [-0.2, -0.15) is 18.3 Å². The van der Waals surface area contributed by atoms with Crippen LogP contribution in [-0.2, 0) is 5.60 Å². The number of halogens is 4. The van der Waals surface area contributed by atoms with E-state index in [1.54, 1.807) is 4.90 Å². The SMILES string of the molecule is OC(CN1CCCCC1)(c1ccc2c(cnn2-c2ccc(F)cc2)c1)C(F)(F)F. The minimum absolute atomic E-state index is 0.207. The molecule has 1 N–H and O–H groups in total. The van der Waals surface area contributed by atoms with Crippen molar-refractivity contribution in [3.05, 3.63) is 60.0 Å². The lowest BCUT2D eigenvalue weighted by molar-refractivity contribution is -0.272. The second-order valence-electron chi connectivity index (χ2n) is 7.50. The first kappa shape index (κ1) is 19.8. The van der Waals surface area contributed by atoms with Crippen molar-refractivity contribution in [1.29, 1.82) is 0 Å². The number of piperidine rings is 1. The number of benzene rings is 2. The molecule has 0 saturated carbocycles. The van der Waals surface area contributed by atoms with Gasteiger partial charge < -0.3 is 5.11 Å². The summed E-state index contributed by atoms with van der Waals surface area (Å²) in [5, 5.41) is 15.4. The van der Waals surface area contributed by atoms with Gasteiger partial charge in [-0.1, -0.05) is 12.5 Å². The quantitative estimate of drug-likeness (QED) is 0.652. The van der Waals surface area contributed by atoms with E-state index in [1.165, 1.54) is 53.3 Å². The number of fused-ring (bicyclic) bond motifs is 1. The van der Waals surface area contributed by atoms with Gasteiger partial charge >= 0.3 is 6.18 Å². The van der Waals surface area contributed by atoms with Crippen LogP contribution in [0.1, 0.15) is 24.8 Å². The zero-order chi connectivity index (χ0) is 20.6. The molecular weight excluding hydrogens is 386 g/mol. The minimum Gasteiger partial charge on any atom is -0.375 e. The monoisotopic (exact) mass is 407 g/mol. The van der Waals surface area contributed by atoms with Crippen LogP contribution in [0.5, 0.6) is 0 Å². The Kier molecular flexibility index (Phi) is 5.08. The number of hydrogen-bond donors (Lipinski definition) is 1. The Morgan fingerprint density at radius 3 is 2.31 bits per heavy atom. The van der Waals surface area contributed by atoms with Crippen molar-refractivity contribution in [3.8, 4) is 5.69 Å². The van der Waals surface area contributed by atoms with Crippen LogP contribution in [0.15, 0.2) is 48.7 Å². The van der Waals surface area contributed by atoms with E-state index in [1.807, 2.05) is 0 Å². The third-order valence-electron chi connectivity index (χ3n) is 5.49. The summed E-state index contributed by atoms with van der Waals surface area (Å²) >= 11 is 0. The summed E-state index contributed by atoms with van der Waals surface area (Å²) in [6.07, 6.45) is -0.713. The van der Waals surface area contributed by atoms with Crippen molar-refractivity contribution in [1.82, 2.24) is 14.7 Å². The van der Waals surface area contributed by atoms with Crippen LogP contribution in [0.3, 0.4) is 0 Å². The van der Waals surface area contributed by atoms with Crippen molar-refractivity contribution < 1.29 is 22.7 Å². The number of aliphatic hydroxyl groups is 1. The molecule has 0 aliphatic carbocycles. The fourth-order valence-corrected chi connectivity index (χ4v) is 3.86. The molecule has 1 atom stereocenters. The molecule has 8 heteroatoms. The van der Waals surface area contributed by atoms with Crippen LogP contribution < -0.4 is 0 Å². The van der Waals surface area contributed by atoms with E-state index in [4.69, 9.17) is 0 Å². The van der Waals surface area contributed by atoms with E-state index < -0.39 is 18.3 Å². The molecule has 1 unspecified atom stereocenters. The van der Waals surface area contributed by atoms with Crippen LogP contribution in [0.4, 0.5) is 17.6 Å². The van der Waals surface area contributed by atoms with Crippen LogP contribution in [0.2, 0.25) is 0 Å². The summed E-state index contributed by atoms with van der Waals surface area (Å²) in [6, 6.07) is 9.79. The molecule has 154 valence electrons. The van der Waals surface area contributed by atoms with Gasteiger partial charge in [-0.15, -0.1) is 0 Å². The molecule has 4 nitrogen and oxygen atoms in total. The molecule has 4 rings (SSSR count). The fourth-order valence-electron chi connectivity index (χ4n) is 3.86. The molecule has 1 aromatic heterocycles. The lowest BCUT2D eigenvalue weighted by Gasteiger charge is -2.37. The molecule has 1 aliphatic heterocycles. The molecule has 1 aliphatic rings. The largest absolute Gasteiger partial charge is 0.422 e. The third kappa shape index (κ3) is 3.74. The Morgan fingerprint density at radius 2 is 1.66 bits per heavy atom. The second kappa shape index (κ2) is 7.42. The van der Waals surface area contributed by atoms with Gasteiger partial charge in [0.1, 0.15) is 5.82 Å². The average Bonchev–Trinajstić information content (AvgIpc) is 3.12. The highest BCUT2D eigenvalue weighted by Gasteiger charge is 2.55. The van der Waals surface area contributed by atoms with Crippen LogP contribution in [0.25, 0.3) is 16.6 Å². The van der Waals surface area contributed by atoms with Crippen molar-refractivity contribution in [2.75, 3.05) is 19.6 Å². The summed E-state index contributed by atoms with van der Waals surface area (Å²) in [5.74, 6) is -0.388. The third-order valence-corrected chi connectivity index (χ3v) is 5.49. The van der Waals surface area contributed by atoms with Crippen LogP contribution in [-0.4, -0.2) is 45.6 Å². The molecule has 1 fully saturated rings. The maximum Gasteiger partial charge on any atom is 0.422 e. The summed E-state index contributed by atoms with van der Waals surface area (Å²) in [7, 11) is 0. The highest BCUT2D eigenvalue weighted by Crippen LogP contribution is 2.41. The molecule has 0 bridgehead atoms. The molecule has 2 heterocycles. The standard InChI is InChI=1S/C21H21F4N3O/c22-17-5-7-18(8-6-17)28-19-9-4-16(12-15(19)13-26-28)20(29,21(23,24)25)14-27-10-2-1-3-11-27/h4-9,12-13,29H,1-3,10-11,14H2. The van der Waals surface area contributed by atoms with Crippen molar-refractivity contribution in [2.24, 2.45) is 0 Å². The molecule has 2 aromatic carbocycles. The Labute approximate surface area is 165 Å². The smallest absolute Gasteiger partial charge is 0.375 e. The highest BCUT2D eigenvalue weighted by molar-refractivity contribution is 5.81. The number of nitrogens with zero attached hydrogens (tertiary/aromatic N) is 3. The van der Waals surface area contributed by atoms with E-state index in [2.05, 4.69) is 5.10 Å². The van der Waals surface area contributed by atoms with Gasteiger partial charge in [0, 0.05) is 11.9 Å². The Balaban J connectivity index is 1.72. The lowest BCUT2D eigenvalue weighted by atomic mass is 9.90. The second-order valence-corrected chi connectivity index (χ2v) is 7.50. The number of alkyl halides is 3. The zero-order valence-corrected chi connectivity index (χ0v) is 15.7. The maximum atomic E-state index is 13.9. The first-order chi connectivity index (χ1) is 13.8. The van der Waals surface area contributed by atoms with Gasteiger partial charge in [-0.25, -0.2) is 9.07 Å². The number of aromatic nitrogens is 2. The predicted octanol–water partition coefficient (Wildman–Crippen LogP) is 4.40. The molecule has 29 heavy (non-hydrogen) atoms. The average molecular weight is 407 g/mol. The number of likely N-dealkylation sites (tertiary alicyclic amines) is 1. The van der Waals surface area contributed by atoms with Crippen LogP contribution >= 0.6 is 0 Å². The predicted molar refractivity (Wildman–Crippen MR) is 101 cm³/mol. The fraction of sp³-hybridized carbons (Fsp3) is 0.381. The minimum atomic E-state index is -4.81. The van der Waals surface area contributed by atoms with Gasteiger partial charge in [0.05, 0.1) is 17.4 Å². The molecule has 1 saturated heterocycles. The summed E-state index contributed by atoms with van der Waals surface area (Å²) in [5.41, 5.74) is -2.01.